The molecule has 0 spiro atoms. The first-order valence-corrected chi connectivity index (χ1v) is 3.17. The number of nitrogens with zero attached hydrogens (tertiary/aromatic N) is 1. The molecule has 0 unspecified atom stereocenters. The zero-order valence-electron chi connectivity index (χ0n) is 6.00. The number of rotatable bonds is 2. The highest BCUT2D eigenvalue weighted by molar-refractivity contribution is 5.16. The van der Waals surface area contributed by atoms with E-state index in [9.17, 15) is 0 Å². The van der Waals surface area contributed by atoms with Crippen LogP contribution in [0.3, 0.4) is 0 Å². The van der Waals surface area contributed by atoms with Gasteiger partial charge in [0.15, 0.2) is 0 Å². The summed E-state index contributed by atoms with van der Waals surface area (Å²) >= 11 is 0. The highest BCUT2D eigenvalue weighted by atomic mass is 16.5. The van der Waals surface area contributed by atoms with E-state index in [0.29, 0.717) is 12.5 Å². The Morgan fingerprint density at radius 1 is 1.60 bits per heavy atom. The number of hydrogen-bond donors (Lipinski definition) is 0. The Morgan fingerprint density at radius 2 is 2.40 bits per heavy atom. The van der Waals surface area contributed by atoms with Crippen LogP contribution in [0.2, 0.25) is 0 Å². The summed E-state index contributed by atoms with van der Waals surface area (Å²) in [6.45, 7) is 5.95. The van der Waals surface area contributed by atoms with Crippen molar-refractivity contribution in [2.24, 2.45) is 0 Å². The molecule has 1 rings (SSSR count). The topological polar surface area (TPSA) is 22.1 Å². The van der Waals surface area contributed by atoms with Crippen LogP contribution < -0.4 is 4.74 Å². The Labute approximate surface area is 60.9 Å². The summed E-state index contributed by atoms with van der Waals surface area (Å²) in [5, 5.41) is 0. The Kier molecular flexibility index (Phi) is 2.26. The third-order valence-corrected chi connectivity index (χ3v) is 1.13. The summed E-state index contributed by atoms with van der Waals surface area (Å²) in [6.07, 6.45) is 1.77. The third-order valence-electron chi connectivity index (χ3n) is 1.13. The average Bonchev–Trinajstić information content (AvgIpc) is 1.95. The first kappa shape index (κ1) is 7.06. The van der Waals surface area contributed by atoms with Gasteiger partial charge in [0.2, 0.25) is 5.88 Å². The molecule has 0 saturated heterocycles. The summed E-state index contributed by atoms with van der Waals surface area (Å²) < 4.78 is 5.04. The predicted octanol–water partition coefficient (Wildman–Crippen LogP) is 1.60. The van der Waals surface area contributed by atoms with Gasteiger partial charge in [-0.3, -0.25) is 0 Å². The molecule has 10 heavy (non-hydrogen) atoms. The summed E-state index contributed by atoms with van der Waals surface area (Å²) in [4.78, 5) is 4.01. The number of hydrogen-bond acceptors (Lipinski definition) is 2. The fraction of sp³-hybridized carbons (Fsp3) is 0.250. The van der Waals surface area contributed by atoms with Crippen LogP contribution in [0.5, 0.6) is 5.88 Å². The molecular formula is C8H10NO. The van der Waals surface area contributed by atoms with Crippen molar-refractivity contribution in [3.8, 4) is 5.88 Å². The maximum atomic E-state index is 5.04. The molecule has 0 aromatic carbocycles. The van der Waals surface area contributed by atoms with E-state index >= 15 is 0 Å². The molecule has 53 valence electrons. The quantitative estimate of drug-likeness (QED) is 0.616. The van der Waals surface area contributed by atoms with Crippen LogP contribution in [0.1, 0.15) is 5.56 Å². The summed E-state index contributed by atoms with van der Waals surface area (Å²) in [7, 11) is 0. The van der Waals surface area contributed by atoms with Crippen molar-refractivity contribution in [1.29, 1.82) is 0 Å². The van der Waals surface area contributed by atoms with E-state index in [4.69, 9.17) is 4.74 Å². The molecule has 1 heterocycles. The third kappa shape index (κ3) is 1.72. The molecule has 1 radical (unpaired) electrons. The lowest BCUT2D eigenvalue weighted by molar-refractivity contribution is 0.346. The van der Waals surface area contributed by atoms with Crippen LogP contribution in [-0.4, -0.2) is 11.6 Å². The molecule has 0 bridgehead atoms. The van der Waals surface area contributed by atoms with Crippen molar-refractivity contribution < 1.29 is 4.74 Å². The Balaban J connectivity index is 2.69. The van der Waals surface area contributed by atoms with Gasteiger partial charge in [0.25, 0.3) is 0 Å². The van der Waals surface area contributed by atoms with Gasteiger partial charge in [-0.1, -0.05) is 6.07 Å². The van der Waals surface area contributed by atoms with Gasteiger partial charge < -0.3 is 4.74 Å². The second kappa shape index (κ2) is 3.20. The van der Waals surface area contributed by atoms with E-state index in [0.717, 1.165) is 5.56 Å². The van der Waals surface area contributed by atoms with E-state index in [2.05, 4.69) is 11.9 Å². The molecule has 0 aliphatic rings. The highest BCUT2D eigenvalue weighted by Gasteiger charge is 1.89. The first-order chi connectivity index (χ1) is 4.83. The maximum absolute atomic E-state index is 5.04. The number of aryl methyl sites for hydroxylation is 1. The van der Waals surface area contributed by atoms with Gasteiger partial charge in [-0.2, -0.15) is 0 Å². The van der Waals surface area contributed by atoms with Gasteiger partial charge >= 0.3 is 0 Å². The molecule has 2 nitrogen and oxygen atoms in total. The summed E-state index contributed by atoms with van der Waals surface area (Å²) in [5.41, 5.74) is 1.14. The average molecular weight is 136 g/mol. The Morgan fingerprint density at radius 3 is 2.90 bits per heavy atom. The monoisotopic (exact) mass is 136 g/mol. The van der Waals surface area contributed by atoms with E-state index in [1.165, 1.54) is 0 Å². The molecule has 0 aliphatic carbocycles. The molecule has 0 amide bonds. The Bertz CT molecular complexity index is 193. The standard InChI is InChI=1S/C8H10NO/c1-3-10-8-5-4-7(2)6-9-8/h4-6H,1,3H2,2H3. The van der Waals surface area contributed by atoms with Crippen LogP contribution in [0.15, 0.2) is 18.3 Å². The van der Waals surface area contributed by atoms with Crippen molar-refractivity contribution in [2.45, 2.75) is 6.92 Å². The molecule has 0 fully saturated rings. The van der Waals surface area contributed by atoms with Gasteiger partial charge in [-0.05, 0) is 19.4 Å². The van der Waals surface area contributed by atoms with Crippen molar-refractivity contribution in [3.63, 3.8) is 0 Å². The Hall–Kier alpha value is -1.05. The predicted molar refractivity (Wildman–Crippen MR) is 39.8 cm³/mol. The van der Waals surface area contributed by atoms with Gasteiger partial charge in [0.05, 0.1) is 6.61 Å². The minimum absolute atomic E-state index is 0.427. The van der Waals surface area contributed by atoms with E-state index in [-0.39, 0.29) is 0 Å². The zero-order chi connectivity index (χ0) is 7.40. The van der Waals surface area contributed by atoms with Crippen molar-refractivity contribution in [3.05, 3.63) is 30.8 Å². The zero-order valence-corrected chi connectivity index (χ0v) is 6.00. The first-order valence-electron chi connectivity index (χ1n) is 3.17. The molecule has 1 aromatic heterocycles. The van der Waals surface area contributed by atoms with Gasteiger partial charge in [0, 0.05) is 12.3 Å². The van der Waals surface area contributed by atoms with Crippen LogP contribution in [-0.2, 0) is 0 Å². The lowest BCUT2D eigenvalue weighted by atomic mass is 10.3. The van der Waals surface area contributed by atoms with Crippen LogP contribution in [0.25, 0.3) is 0 Å². The van der Waals surface area contributed by atoms with E-state index < -0.39 is 0 Å². The molecule has 0 N–H and O–H groups in total. The molecule has 0 atom stereocenters. The molecular weight excluding hydrogens is 126 g/mol. The molecule has 0 saturated carbocycles. The van der Waals surface area contributed by atoms with Gasteiger partial charge in [-0.25, -0.2) is 4.98 Å². The second-order valence-corrected chi connectivity index (χ2v) is 2.02. The fourth-order valence-electron chi connectivity index (χ4n) is 0.644. The van der Waals surface area contributed by atoms with Crippen LogP contribution >= 0.6 is 0 Å². The second-order valence-electron chi connectivity index (χ2n) is 2.02. The minimum Gasteiger partial charge on any atom is -0.478 e. The number of aromatic nitrogens is 1. The van der Waals surface area contributed by atoms with Crippen molar-refractivity contribution in [1.82, 2.24) is 4.98 Å². The molecule has 0 aliphatic heterocycles. The van der Waals surface area contributed by atoms with Gasteiger partial charge in [0.1, 0.15) is 0 Å². The minimum atomic E-state index is 0.427. The van der Waals surface area contributed by atoms with E-state index in [1.54, 1.807) is 6.20 Å². The SMILES string of the molecule is [CH2]COc1ccc(C)cn1. The van der Waals surface area contributed by atoms with E-state index in [1.807, 2.05) is 19.1 Å². The summed E-state index contributed by atoms with van der Waals surface area (Å²) in [5.74, 6) is 0.639. The van der Waals surface area contributed by atoms with Crippen molar-refractivity contribution >= 4 is 0 Å². The normalized spacial score (nSPS) is 9.40. The maximum Gasteiger partial charge on any atom is 0.213 e. The van der Waals surface area contributed by atoms with Crippen LogP contribution in [0.4, 0.5) is 0 Å². The van der Waals surface area contributed by atoms with Crippen LogP contribution in [0, 0.1) is 13.8 Å². The van der Waals surface area contributed by atoms with Gasteiger partial charge in [-0.15, -0.1) is 0 Å². The largest absolute Gasteiger partial charge is 0.478 e. The highest BCUT2D eigenvalue weighted by Crippen LogP contribution is 2.05. The smallest absolute Gasteiger partial charge is 0.213 e. The molecule has 1 aromatic rings. The number of ether oxygens (including phenoxy) is 1. The number of pyridine rings is 1. The molecule has 2 heteroatoms. The lowest BCUT2D eigenvalue weighted by Crippen LogP contribution is -1.93. The fourth-order valence-corrected chi connectivity index (χ4v) is 0.644. The lowest BCUT2D eigenvalue weighted by Gasteiger charge is -1.99. The van der Waals surface area contributed by atoms with Crippen molar-refractivity contribution in [2.75, 3.05) is 6.61 Å². The summed E-state index contributed by atoms with van der Waals surface area (Å²) in [6, 6.07) is 3.79.